The Morgan fingerprint density at radius 2 is 1.55 bits per heavy atom. The van der Waals surface area contributed by atoms with E-state index in [2.05, 4.69) is 0 Å². The van der Waals surface area contributed by atoms with Crippen LogP contribution in [0.3, 0.4) is 0 Å². The summed E-state index contributed by atoms with van der Waals surface area (Å²) >= 11 is 0. The fourth-order valence-corrected chi connectivity index (χ4v) is 4.89. The summed E-state index contributed by atoms with van der Waals surface area (Å²) in [5.41, 5.74) is 14.4. The van der Waals surface area contributed by atoms with Crippen LogP contribution < -0.4 is 11.5 Å². The van der Waals surface area contributed by atoms with Gasteiger partial charge in [0, 0.05) is 49.9 Å². The number of carbonyl (C=O) groups excluding carboxylic acids is 1. The summed E-state index contributed by atoms with van der Waals surface area (Å²) in [7, 11) is -3.50. The van der Waals surface area contributed by atoms with Crippen LogP contribution in [-0.4, -0.2) is 66.6 Å². The molecule has 0 atom stereocenters. The van der Waals surface area contributed by atoms with Crippen molar-refractivity contribution in [2.45, 2.75) is 19.6 Å². The summed E-state index contributed by atoms with van der Waals surface area (Å²) in [6.07, 6.45) is 0. The van der Waals surface area contributed by atoms with Crippen molar-refractivity contribution in [3.05, 3.63) is 64.7 Å². The van der Waals surface area contributed by atoms with Crippen LogP contribution in [-0.2, 0) is 20.6 Å². The van der Waals surface area contributed by atoms with Crippen molar-refractivity contribution in [3.8, 4) is 0 Å². The molecule has 2 aromatic rings. The van der Waals surface area contributed by atoms with E-state index in [1.54, 1.807) is 41.3 Å². The van der Waals surface area contributed by atoms with Crippen molar-refractivity contribution < 1.29 is 23.1 Å². The first-order valence-corrected chi connectivity index (χ1v) is 11.8. The van der Waals surface area contributed by atoms with Gasteiger partial charge in [0.25, 0.3) is 11.9 Å². The van der Waals surface area contributed by atoms with Gasteiger partial charge < -0.3 is 21.5 Å². The highest BCUT2D eigenvalue weighted by Crippen LogP contribution is 2.19. The fourth-order valence-electron chi connectivity index (χ4n) is 3.28. The zero-order valence-corrected chi connectivity index (χ0v) is 19.4. The Bertz CT molecular complexity index is 1120. The fraction of sp³-hybridized carbons (Fsp3) is 0.318. The number of nitrogens with zero attached hydrogens (tertiary/aromatic N) is 2. The van der Waals surface area contributed by atoms with Crippen LogP contribution >= 0.6 is 0 Å². The Kier molecular flexibility index (Phi) is 8.55. The van der Waals surface area contributed by atoms with Crippen molar-refractivity contribution in [3.63, 3.8) is 0 Å². The molecule has 6 N–H and O–H groups in total. The summed E-state index contributed by atoms with van der Waals surface area (Å²) in [5.74, 6) is -1.16. The smallest absolute Gasteiger partial charge is 0.300 e. The van der Waals surface area contributed by atoms with Crippen molar-refractivity contribution in [2.75, 3.05) is 31.9 Å². The van der Waals surface area contributed by atoms with E-state index in [4.69, 9.17) is 26.8 Å². The lowest BCUT2D eigenvalue weighted by Gasteiger charge is -2.34. The third-order valence-corrected chi connectivity index (χ3v) is 6.90. The Hall–Kier alpha value is -3.44. The number of hydrogen-bond donors (Lipinski definition) is 4. The minimum atomic E-state index is -3.50. The summed E-state index contributed by atoms with van der Waals surface area (Å²) in [5, 5.41) is 14.8. The Labute approximate surface area is 193 Å². The quantitative estimate of drug-likeness (QED) is 0.286. The number of hydrogen-bond acceptors (Lipinski definition) is 6. The predicted molar refractivity (Wildman–Crippen MR) is 126 cm³/mol. The molecule has 3 rings (SSSR count). The molecule has 1 amide bonds. The van der Waals surface area contributed by atoms with Crippen molar-refractivity contribution in [1.82, 2.24) is 9.21 Å². The van der Waals surface area contributed by atoms with Gasteiger partial charge >= 0.3 is 0 Å². The third kappa shape index (κ3) is 7.29. The van der Waals surface area contributed by atoms with Crippen LogP contribution in [0.4, 0.5) is 5.69 Å². The van der Waals surface area contributed by atoms with Crippen molar-refractivity contribution in [2.24, 2.45) is 5.73 Å². The topological polar surface area (TPSA) is 171 Å². The number of nitrogens with two attached hydrogens (primary N) is 2. The number of amidine groups is 1. The lowest BCUT2D eigenvalue weighted by Crippen LogP contribution is -2.50. The van der Waals surface area contributed by atoms with Gasteiger partial charge in [-0.05, 0) is 42.3 Å². The zero-order valence-electron chi connectivity index (χ0n) is 18.6. The maximum atomic E-state index is 12.8. The van der Waals surface area contributed by atoms with Gasteiger partial charge in [0.2, 0.25) is 10.0 Å². The number of aliphatic carboxylic acids is 1. The van der Waals surface area contributed by atoms with Crippen molar-refractivity contribution in [1.29, 1.82) is 5.41 Å². The lowest BCUT2D eigenvalue weighted by atomic mass is 10.1. The van der Waals surface area contributed by atoms with E-state index in [0.717, 1.165) is 12.5 Å². The second-order valence-corrected chi connectivity index (χ2v) is 9.61. The average molecular weight is 476 g/mol. The molecule has 0 spiro atoms. The minimum Gasteiger partial charge on any atom is -0.481 e. The Morgan fingerprint density at radius 1 is 1.03 bits per heavy atom. The number of benzene rings is 2. The standard InChI is InChI=1S/C20H25N5O3S.C2H4O2/c1-14-2-7-18(21)12-17(14)13-29(27,28)25-10-8-24(9-11-25)20(26)16-5-3-15(4-6-16)19(22)23;1-2(3)4/h2-7,12H,8-11,13,21H2,1H3,(H3,22,23);1H3,(H,3,4). The van der Waals surface area contributed by atoms with Crippen LogP contribution in [0.15, 0.2) is 42.5 Å². The normalized spacial score (nSPS) is 14.2. The minimum absolute atomic E-state index is 0.0572. The monoisotopic (exact) mass is 475 g/mol. The molecule has 1 aliphatic rings. The van der Waals surface area contributed by atoms with Crippen LogP contribution in [0.1, 0.15) is 34.0 Å². The Balaban J connectivity index is 0.000000890. The molecule has 0 aliphatic carbocycles. The first-order valence-electron chi connectivity index (χ1n) is 10.2. The first kappa shape index (κ1) is 25.8. The molecule has 1 fully saturated rings. The number of carboxylic acids is 1. The van der Waals surface area contributed by atoms with E-state index < -0.39 is 16.0 Å². The molecule has 0 radical (unpaired) electrons. The maximum absolute atomic E-state index is 12.8. The van der Waals surface area contributed by atoms with Crippen LogP contribution in [0.5, 0.6) is 0 Å². The van der Waals surface area contributed by atoms with E-state index >= 15 is 0 Å². The molecule has 0 aromatic heterocycles. The number of piperazine rings is 1. The number of rotatable bonds is 5. The first-order chi connectivity index (χ1) is 15.4. The van der Waals surface area contributed by atoms with Gasteiger partial charge in [-0.25, -0.2) is 8.42 Å². The van der Waals surface area contributed by atoms with E-state index in [0.29, 0.717) is 35.5 Å². The van der Waals surface area contributed by atoms with E-state index in [9.17, 15) is 13.2 Å². The highest BCUT2D eigenvalue weighted by molar-refractivity contribution is 7.88. The third-order valence-electron chi connectivity index (χ3n) is 5.07. The number of carbonyl (C=O) groups is 2. The lowest BCUT2D eigenvalue weighted by molar-refractivity contribution is -0.134. The molecule has 0 unspecified atom stereocenters. The summed E-state index contributed by atoms with van der Waals surface area (Å²) < 4.78 is 27.1. The van der Waals surface area contributed by atoms with Crippen LogP contribution in [0.2, 0.25) is 0 Å². The molecule has 178 valence electrons. The van der Waals surface area contributed by atoms with E-state index in [1.165, 1.54) is 4.31 Å². The molecule has 2 aromatic carbocycles. The summed E-state index contributed by atoms with van der Waals surface area (Å²) in [6.45, 7) is 4.09. The highest BCUT2D eigenvalue weighted by atomic mass is 32.2. The van der Waals surface area contributed by atoms with Gasteiger partial charge in [-0.15, -0.1) is 0 Å². The number of sulfonamides is 1. The number of nitrogen functional groups attached to an aromatic ring is 2. The molecule has 33 heavy (non-hydrogen) atoms. The van der Waals surface area contributed by atoms with E-state index in [-0.39, 0.29) is 30.6 Å². The summed E-state index contributed by atoms with van der Waals surface area (Å²) in [6, 6.07) is 11.8. The summed E-state index contributed by atoms with van der Waals surface area (Å²) in [4.78, 5) is 23.3. The molecule has 1 heterocycles. The van der Waals surface area contributed by atoms with Gasteiger partial charge in [-0.3, -0.25) is 15.0 Å². The number of aryl methyl sites for hydroxylation is 1. The number of carboxylic acid groups (broad SMARTS) is 1. The molecule has 0 saturated carbocycles. The Morgan fingerprint density at radius 3 is 2.06 bits per heavy atom. The predicted octanol–water partition coefficient (Wildman–Crippen LogP) is 1.24. The second-order valence-electron chi connectivity index (χ2n) is 7.64. The SMILES string of the molecule is CC(=O)O.Cc1ccc(N)cc1CS(=O)(=O)N1CCN(C(=O)c2ccc(C(=N)N)cc2)CC1. The van der Waals surface area contributed by atoms with Gasteiger partial charge in [-0.1, -0.05) is 18.2 Å². The van der Waals surface area contributed by atoms with Gasteiger partial charge in [0.05, 0.1) is 5.75 Å². The zero-order chi connectivity index (χ0) is 24.8. The largest absolute Gasteiger partial charge is 0.481 e. The molecular weight excluding hydrogens is 446 g/mol. The molecular formula is C22H29N5O5S. The maximum Gasteiger partial charge on any atom is 0.300 e. The number of anilines is 1. The molecule has 1 aliphatic heterocycles. The number of amides is 1. The van der Waals surface area contributed by atoms with Crippen LogP contribution in [0.25, 0.3) is 0 Å². The average Bonchev–Trinajstić information content (AvgIpc) is 2.75. The van der Waals surface area contributed by atoms with Crippen LogP contribution in [0, 0.1) is 12.3 Å². The van der Waals surface area contributed by atoms with Crippen molar-refractivity contribution >= 4 is 33.4 Å². The van der Waals surface area contributed by atoms with Gasteiger partial charge in [0.1, 0.15) is 5.84 Å². The molecule has 11 heteroatoms. The van der Waals surface area contributed by atoms with Gasteiger partial charge in [-0.2, -0.15) is 4.31 Å². The second kappa shape index (κ2) is 10.9. The van der Waals surface area contributed by atoms with E-state index in [1.807, 2.05) is 13.0 Å². The van der Waals surface area contributed by atoms with Gasteiger partial charge in [0.15, 0.2) is 0 Å². The molecule has 0 bridgehead atoms. The number of nitrogens with one attached hydrogen (secondary N) is 1. The molecule has 10 nitrogen and oxygen atoms in total. The molecule has 1 saturated heterocycles. The highest BCUT2D eigenvalue weighted by Gasteiger charge is 2.29.